The normalized spacial score (nSPS) is 15.6. The van der Waals surface area contributed by atoms with Crippen LogP contribution in [-0.4, -0.2) is 38.4 Å². The number of fused-ring (bicyclic) bond motifs is 1. The minimum Gasteiger partial charge on any atom is -0.361 e. The first-order valence-electron chi connectivity index (χ1n) is 12.2. The Labute approximate surface area is 227 Å². The molecule has 200 valence electrons. The molecule has 0 N–H and O–H groups in total. The lowest BCUT2D eigenvalue weighted by atomic mass is 9.90. The van der Waals surface area contributed by atoms with Gasteiger partial charge in [0.15, 0.2) is 14.9 Å². The van der Waals surface area contributed by atoms with Crippen LogP contribution in [0.15, 0.2) is 41.4 Å². The minimum atomic E-state index is -3.61. The van der Waals surface area contributed by atoms with Crippen molar-refractivity contribution < 1.29 is 21.9 Å². The molecule has 37 heavy (non-hydrogen) atoms. The van der Waals surface area contributed by atoms with Crippen molar-refractivity contribution in [1.29, 1.82) is 0 Å². The van der Waals surface area contributed by atoms with Crippen LogP contribution in [0.1, 0.15) is 41.4 Å². The van der Waals surface area contributed by atoms with E-state index in [2.05, 4.69) is 24.6 Å². The highest BCUT2D eigenvalue weighted by molar-refractivity contribution is 7.91. The van der Waals surface area contributed by atoms with Gasteiger partial charge in [0, 0.05) is 14.7 Å². The summed E-state index contributed by atoms with van der Waals surface area (Å²) < 4.78 is 62.4. The van der Waals surface area contributed by atoms with Crippen LogP contribution in [0, 0.1) is 11.6 Å². The third-order valence-corrected chi connectivity index (χ3v) is 10.5. The summed E-state index contributed by atoms with van der Waals surface area (Å²) in [5.74, 6) is -1.45. The summed E-state index contributed by atoms with van der Waals surface area (Å²) in [6.07, 6.45) is 1.77. The fourth-order valence-electron chi connectivity index (χ4n) is 4.43. The second-order valence-corrected chi connectivity index (χ2v) is 19.0. The molecule has 0 spiro atoms. The van der Waals surface area contributed by atoms with Gasteiger partial charge in [-0.2, -0.15) is 0 Å². The monoisotopic (exact) mass is 586 g/mol. The van der Waals surface area contributed by atoms with E-state index < -0.39 is 35.5 Å². The summed E-state index contributed by atoms with van der Waals surface area (Å²) in [7, 11) is -4.96. The molecule has 0 saturated carbocycles. The summed E-state index contributed by atoms with van der Waals surface area (Å²) in [6, 6.07) is 9.52. The Hall–Kier alpha value is -1.78. The SMILES string of the molecule is C[Si](C)(C)CCOCn1c(C(c2ccc(F)c(Cl)c2)c2ccc(F)c(Cl)c2)nc2c1CCCCS2(=O)=O. The zero-order chi connectivity index (χ0) is 27.0. The van der Waals surface area contributed by atoms with E-state index in [9.17, 15) is 17.2 Å². The molecule has 0 aliphatic carbocycles. The predicted molar refractivity (Wildman–Crippen MR) is 145 cm³/mol. The number of hydrogen-bond donors (Lipinski definition) is 0. The van der Waals surface area contributed by atoms with Crippen LogP contribution in [0.2, 0.25) is 35.7 Å². The van der Waals surface area contributed by atoms with Crippen LogP contribution in [0.3, 0.4) is 0 Å². The summed E-state index contributed by atoms with van der Waals surface area (Å²) in [4.78, 5) is 4.68. The van der Waals surface area contributed by atoms with Crippen molar-refractivity contribution in [3.05, 3.63) is 80.7 Å². The first-order valence-corrected chi connectivity index (χ1v) is 18.3. The van der Waals surface area contributed by atoms with E-state index in [1.54, 1.807) is 12.1 Å². The predicted octanol–water partition coefficient (Wildman–Crippen LogP) is 7.07. The Balaban J connectivity index is 1.90. The first-order chi connectivity index (χ1) is 17.4. The number of hydrogen-bond acceptors (Lipinski definition) is 4. The van der Waals surface area contributed by atoms with Crippen molar-refractivity contribution in [2.75, 3.05) is 12.4 Å². The molecule has 0 radical (unpaired) electrons. The molecular weight excluding hydrogens is 557 g/mol. The van der Waals surface area contributed by atoms with Gasteiger partial charge in [-0.1, -0.05) is 55.0 Å². The highest BCUT2D eigenvalue weighted by atomic mass is 35.5. The second kappa shape index (κ2) is 11.1. The molecule has 1 aliphatic heterocycles. The largest absolute Gasteiger partial charge is 0.361 e. The molecule has 0 unspecified atom stereocenters. The lowest BCUT2D eigenvalue weighted by Gasteiger charge is -2.22. The molecule has 2 aromatic carbocycles. The van der Waals surface area contributed by atoms with Crippen molar-refractivity contribution in [3.8, 4) is 0 Å². The standard InChI is InChI=1S/C26H30Cl2F2N2O3SSi/c1-37(2,3)13-11-35-16-32-23-6-4-5-12-36(33,34)26(23)31-25(32)24(17-7-9-21(29)19(27)14-17)18-8-10-22(30)20(28)15-18/h7-10,14-15,24H,4-6,11-13,16H2,1-3H3. The third kappa shape index (κ3) is 6.45. The van der Waals surface area contributed by atoms with E-state index >= 15 is 0 Å². The molecule has 0 saturated heterocycles. The van der Waals surface area contributed by atoms with Gasteiger partial charge in [0.25, 0.3) is 0 Å². The Bertz CT molecular complexity index is 1360. The quantitative estimate of drug-likeness (QED) is 0.209. The van der Waals surface area contributed by atoms with Crippen molar-refractivity contribution in [1.82, 2.24) is 9.55 Å². The molecular formula is C26H30Cl2F2N2O3SSi. The van der Waals surface area contributed by atoms with E-state index in [4.69, 9.17) is 27.9 Å². The molecule has 0 amide bonds. The molecule has 11 heteroatoms. The van der Waals surface area contributed by atoms with E-state index in [0.29, 0.717) is 48.5 Å². The van der Waals surface area contributed by atoms with Crippen molar-refractivity contribution >= 4 is 41.1 Å². The van der Waals surface area contributed by atoms with Gasteiger partial charge >= 0.3 is 0 Å². The number of imidazole rings is 1. The number of halogens is 4. The number of ether oxygens (including phenoxy) is 1. The lowest BCUT2D eigenvalue weighted by Crippen LogP contribution is -2.23. The van der Waals surface area contributed by atoms with Gasteiger partial charge in [0.2, 0.25) is 0 Å². The maximum Gasteiger partial charge on any atom is 0.197 e. The zero-order valence-electron chi connectivity index (χ0n) is 21.0. The van der Waals surface area contributed by atoms with Crippen molar-refractivity contribution in [3.63, 3.8) is 0 Å². The molecule has 3 aromatic rings. The third-order valence-electron chi connectivity index (χ3n) is 6.47. The van der Waals surface area contributed by atoms with Gasteiger partial charge in [-0.25, -0.2) is 22.2 Å². The van der Waals surface area contributed by atoms with Gasteiger partial charge in [-0.15, -0.1) is 0 Å². The fourth-order valence-corrected chi connectivity index (χ4v) is 7.14. The molecule has 1 aliphatic rings. The maximum atomic E-state index is 14.1. The van der Waals surface area contributed by atoms with Gasteiger partial charge in [-0.3, -0.25) is 0 Å². The Morgan fingerprint density at radius 2 is 1.62 bits per heavy atom. The van der Waals surface area contributed by atoms with Gasteiger partial charge < -0.3 is 9.30 Å². The summed E-state index contributed by atoms with van der Waals surface area (Å²) in [5.41, 5.74) is 1.72. The Morgan fingerprint density at radius 1 is 1.03 bits per heavy atom. The molecule has 2 heterocycles. The van der Waals surface area contributed by atoms with Crippen LogP contribution in [0.25, 0.3) is 0 Å². The van der Waals surface area contributed by atoms with Crippen molar-refractivity contribution in [2.45, 2.75) is 62.6 Å². The first kappa shape index (κ1) is 28.2. The summed E-state index contributed by atoms with van der Waals surface area (Å²) >= 11 is 12.3. The van der Waals surface area contributed by atoms with Crippen LogP contribution >= 0.6 is 23.2 Å². The molecule has 5 nitrogen and oxygen atoms in total. The second-order valence-electron chi connectivity index (χ2n) is 10.6. The smallest absolute Gasteiger partial charge is 0.197 e. The minimum absolute atomic E-state index is 0.0162. The van der Waals surface area contributed by atoms with Crippen molar-refractivity contribution in [2.24, 2.45) is 0 Å². The van der Waals surface area contributed by atoms with Crippen LogP contribution in [0.4, 0.5) is 8.78 Å². The fraction of sp³-hybridized carbons (Fsp3) is 0.423. The molecule has 1 aromatic heterocycles. The zero-order valence-corrected chi connectivity index (χ0v) is 24.4. The van der Waals surface area contributed by atoms with Crippen LogP contribution in [-0.2, 0) is 27.7 Å². The molecule has 4 rings (SSSR count). The van der Waals surface area contributed by atoms with E-state index in [0.717, 1.165) is 6.04 Å². The molecule has 0 atom stereocenters. The van der Waals surface area contributed by atoms with E-state index in [-0.39, 0.29) is 27.6 Å². The van der Waals surface area contributed by atoms with Gasteiger partial charge in [0.05, 0.1) is 27.4 Å². The van der Waals surface area contributed by atoms with Gasteiger partial charge in [0.1, 0.15) is 24.2 Å². The Morgan fingerprint density at radius 3 is 2.16 bits per heavy atom. The summed E-state index contributed by atoms with van der Waals surface area (Å²) in [5, 5.41) is -0.135. The number of nitrogens with zero attached hydrogens (tertiary/aromatic N) is 2. The average Bonchev–Trinajstić information content (AvgIpc) is 3.10. The number of sulfone groups is 1. The van der Waals surface area contributed by atoms with Gasteiger partial charge in [-0.05, 0) is 60.7 Å². The maximum absolute atomic E-state index is 14.1. The van der Waals surface area contributed by atoms with Crippen LogP contribution in [0.5, 0.6) is 0 Å². The van der Waals surface area contributed by atoms with Crippen LogP contribution < -0.4 is 0 Å². The average molecular weight is 588 g/mol. The molecule has 0 bridgehead atoms. The van der Waals surface area contributed by atoms with E-state index in [1.165, 1.54) is 24.3 Å². The highest BCUT2D eigenvalue weighted by Crippen LogP contribution is 2.38. The number of aromatic nitrogens is 2. The topological polar surface area (TPSA) is 61.2 Å². The highest BCUT2D eigenvalue weighted by Gasteiger charge is 2.33. The lowest BCUT2D eigenvalue weighted by molar-refractivity contribution is 0.0828. The van der Waals surface area contributed by atoms with E-state index in [1.807, 2.05) is 4.57 Å². The Kier molecular flexibility index (Phi) is 8.50. The number of rotatable bonds is 8. The summed E-state index contributed by atoms with van der Waals surface area (Å²) in [6.45, 7) is 7.40. The number of benzene rings is 2. The molecule has 0 fully saturated rings.